The largest absolute Gasteiger partial charge is 0.349 e. The molecule has 1 saturated heterocycles. The second-order valence-electron chi connectivity index (χ2n) is 5.53. The van der Waals surface area contributed by atoms with Crippen molar-refractivity contribution in [2.24, 2.45) is 0 Å². The summed E-state index contributed by atoms with van der Waals surface area (Å²) < 4.78 is 0. The van der Waals surface area contributed by atoms with E-state index in [1.807, 2.05) is 17.5 Å². The molecule has 0 unspecified atom stereocenters. The van der Waals surface area contributed by atoms with Crippen molar-refractivity contribution < 1.29 is 14.4 Å². The van der Waals surface area contributed by atoms with Crippen LogP contribution in [0.15, 0.2) is 17.5 Å². The van der Waals surface area contributed by atoms with Crippen LogP contribution in [0.4, 0.5) is 4.79 Å². The van der Waals surface area contributed by atoms with Gasteiger partial charge in [0.1, 0.15) is 0 Å². The molecule has 1 aliphatic heterocycles. The maximum absolute atomic E-state index is 12.2. The minimum absolute atomic E-state index is 0.0170. The summed E-state index contributed by atoms with van der Waals surface area (Å²) in [5, 5.41) is 4.63. The zero-order valence-corrected chi connectivity index (χ0v) is 14.3. The lowest BCUT2D eigenvalue weighted by atomic mass is 10.3. The minimum Gasteiger partial charge on any atom is -0.349 e. The van der Waals surface area contributed by atoms with E-state index >= 15 is 0 Å². The number of rotatable bonds is 4. The van der Waals surface area contributed by atoms with Gasteiger partial charge in [0.05, 0.1) is 4.88 Å². The fourth-order valence-corrected chi connectivity index (χ4v) is 2.97. The molecule has 0 atom stereocenters. The molecule has 2 rings (SSSR count). The van der Waals surface area contributed by atoms with Crippen LogP contribution in [0.25, 0.3) is 0 Å². The average molecular weight is 338 g/mol. The first-order valence-electron chi connectivity index (χ1n) is 7.54. The van der Waals surface area contributed by atoms with E-state index in [1.165, 1.54) is 16.2 Å². The summed E-state index contributed by atoms with van der Waals surface area (Å²) in [5.74, 6) is 0.00769. The lowest BCUT2D eigenvalue weighted by molar-refractivity contribution is -0.128. The third-order valence-corrected chi connectivity index (χ3v) is 4.56. The Balaban J connectivity index is 1.72. The fraction of sp³-hybridized carbons (Fsp3) is 0.533. The van der Waals surface area contributed by atoms with Crippen molar-refractivity contribution in [2.75, 3.05) is 46.8 Å². The summed E-state index contributed by atoms with van der Waals surface area (Å²) in [4.78, 5) is 41.4. The molecule has 0 spiro atoms. The van der Waals surface area contributed by atoms with Gasteiger partial charge in [-0.25, -0.2) is 4.79 Å². The molecule has 126 valence electrons. The number of piperazine rings is 1. The van der Waals surface area contributed by atoms with Crippen molar-refractivity contribution in [1.29, 1.82) is 0 Å². The summed E-state index contributed by atoms with van der Waals surface area (Å²) in [6.45, 7) is 2.39. The first kappa shape index (κ1) is 17.3. The number of hydrogen-bond acceptors (Lipinski definition) is 4. The number of hydrogen-bond donors (Lipinski definition) is 1. The van der Waals surface area contributed by atoms with E-state index in [0.29, 0.717) is 32.7 Å². The predicted octanol–water partition coefficient (Wildman–Crippen LogP) is 0.694. The summed E-state index contributed by atoms with van der Waals surface area (Å²) in [6.07, 6.45) is 0.287. The fourth-order valence-electron chi connectivity index (χ4n) is 2.28. The molecule has 1 aromatic rings. The molecule has 0 aromatic carbocycles. The van der Waals surface area contributed by atoms with Gasteiger partial charge in [-0.15, -0.1) is 11.3 Å². The van der Waals surface area contributed by atoms with Gasteiger partial charge in [-0.3, -0.25) is 9.59 Å². The van der Waals surface area contributed by atoms with Gasteiger partial charge in [0.15, 0.2) is 0 Å². The summed E-state index contributed by atoms with van der Waals surface area (Å²) >= 11 is 1.43. The molecule has 0 radical (unpaired) electrons. The molecule has 0 aliphatic carbocycles. The maximum atomic E-state index is 12.2. The molecule has 4 amide bonds. The second-order valence-corrected chi connectivity index (χ2v) is 6.47. The SMILES string of the molecule is CN(C)C(=O)CCNC(=O)N1CCN(C(=O)c2cccs2)CC1. The number of amides is 4. The highest BCUT2D eigenvalue weighted by molar-refractivity contribution is 7.12. The van der Waals surface area contributed by atoms with Crippen LogP contribution in [0.1, 0.15) is 16.1 Å². The number of nitrogens with zero attached hydrogens (tertiary/aromatic N) is 3. The summed E-state index contributed by atoms with van der Waals surface area (Å²) in [5.41, 5.74) is 0. The van der Waals surface area contributed by atoms with Crippen molar-refractivity contribution in [1.82, 2.24) is 20.0 Å². The van der Waals surface area contributed by atoms with Gasteiger partial charge in [0.25, 0.3) is 5.91 Å². The van der Waals surface area contributed by atoms with Crippen LogP contribution in [-0.2, 0) is 4.79 Å². The topological polar surface area (TPSA) is 73.0 Å². The van der Waals surface area contributed by atoms with E-state index < -0.39 is 0 Å². The van der Waals surface area contributed by atoms with E-state index in [1.54, 1.807) is 23.9 Å². The van der Waals surface area contributed by atoms with Crippen molar-refractivity contribution in [3.63, 3.8) is 0 Å². The van der Waals surface area contributed by atoms with Crippen LogP contribution < -0.4 is 5.32 Å². The van der Waals surface area contributed by atoms with E-state index in [4.69, 9.17) is 0 Å². The predicted molar refractivity (Wildman–Crippen MR) is 88.5 cm³/mol. The number of nitrogens with one attached hydrogen (secondary N) is 1. The van der Waals surface area contributed by atoms with Gasteiger partial charge in [-0.2, -0.15) is 0 Å². The molecular weight excluding hydrogens is 316 g/mol. The molecule has 1 fully saturated rings. The molecule has 23 heavy (non-hydrogen) atoms. The van der Waals surface area contributed by atoms with Gasteiger partial charge < -0.3 is 20.0 Å². The van der Waals surface area contributed by atoms with Crippen LogP contribution in [0, 0.1) is 0 Å². The normalized spacial score (nSPS) is 14.5. The number of thiophene rings is 1. The average Bonchev–Trinajstić information content (AvgIpc) is 3.08. The molecule has 1 N–H and O–H groups in total. The second kappa shape index (κ2) is 7.96. The Morgan fingerprint density at radius 3 is 2.39 bits per heavy atom. The molecule has 1 aromatic heterocycles. The summed E-state index contributed by atoms with van der Waals surface area (Å²) in [7, 11) is 3.38. The smallest absolute Gasteiger partial charge is 0.317 e. The molecule has 1 aliphatic rings. The van der Waals surface area contributed by atoms with Gasteiger partial charge in [-0.1, -0.05) is 6.07 Å². The van der Waals surface area contributed by atoms with Crippen molar-refractivity contribution in [2.45, 2.75) is 6.42 Å². The van der Waals surface area contributed by atoms with Crippen LogP contribution in [0.3, 0.4) is 0 Å². The Hall–Kier alpha value is -2.09. The Morgan fingerprint density at radius 1 is 1.17 bits per heavy atom. The standard InChI is InChI=1S/C15H22N4O3S/c1-17(2)13(20)5-6-16-15(22)19-9-7-18(8-10-19)14(21)12-4-3-11-23-12/h3-4,11H,5-10H2,1-2H3,(H,16,22). The first-order valence-corrected chi connectivity index (χ1v) is 8.42. The van der Waals surface area contributed by atoms with E-state index in [2.05, 4.69) is 5.32 Å². The lowest BCUT2D eigenvalue weighted by Crippen LogP contribution is -2.53. The van der Waals surface area contributed by atoms with E-state index in [-0.39, 0.29) is 24.3 Å². The van der Waals surface area contributed by atoms with Crippen molar-refractivity contribution in [3.05, 3.63) is 22.4 Å². The molecule has 7 nitrogen and oxygen atoms in total. The Bertz CT molecular complexity index is 551. The summed E-state index contributed by atoms with van der Waals surface area (Å²) in [6, 6.07) is 3.49. The van der Waals surface area contributed by atoms with Crippen molar-refractivity contribution in [3.8, 4) is 0 Å². The van der Waals surface area contributed by atoms with Crippen LogP contribution >= 0.6 is 11.3 Å². The number of carbonyl (C=O) groups excluding carboxylic acids is 3. The van der Waals surface area contributed by atoms with E-state index in [9.17, 15) is 14.4 Å². The van der Waals surface area contributed by atoms with Gasteiger partial charge in [-0.05, 0) is 11.4 Å². The first-order chi connectivity index (χ1) is 11.0. The van der Waals surface area contributed by atoms with Crippen LogP contribution in [0.5, 0.6) is 0 Å². The maximum Gasteiger partial charge on any atom is 0.317 e. The molecule has 2 heterocycles. The van der Waals surface area contributed by atoms with E-state index in [0.717, 1.165) is 4.88 Å². The Kier molecular flexibility index (Phi) is 5.97. The number of urea groups is 1. The third kappa shape index (κ3) is 4.69. The highest BCUT2D eigenvalue weighted by atomic mass is 32.1. The van der Waals surface area contributed by atoms with Gasteiger partial charge in [0, 0.05) is 53.2 Å². The quantitative estimate of drug-likeness (QED) is 0.878. The van der Waals surface area contributed by atoms with Crippen LogP contribution in [-0.4, -0.2) is 79.4 Å². The zero-order valence-electron chi connectivity index (χ0n) is 13.4. The zero-order chi connectivity index (χ0) is 16.8. The number of carbonyl (C=O) groups is 3. The van der Waals surface area contributed by atoms with Gasteiger partial charge >= 0.3 is 6.03 Å². The lowest BCUT2D eigenvalue weighted by Gasteiger charge is -2.34. The minimum atomic E-state index is -0.181. The van der Waals surface area contributed by atoms with Gasteiger partial charge in [0.2, 0.25) is 5.91 Å². The van der Waals surface area contributed by atoms with Crippen LogP contribution in [0.2, 0.25) is 0 Å². The Morgan fingerprint density at radius 2 is 1.83 bits per heavy atom. The molecule has 0 saturated carbocycles. The molecule has 0 bridgehead atoms. The monoisotopic (exact) mass is 338 g/mol. The molecule has 8 heteroatoms. The van der Waals surface area contributed by atoms with Crippen molar-refractivity contribution >= 4 is 29.2 Å². The highest BCUT2D eigenvalue weighted by Crippen LogP contribution is 2.13. The Labute approximate surface area is 139 Å². The molecular formula is C15H22N4O3S. The third-order valence-electron chi connectivity index (χ3n) is 3.70. The highest BCUT2D eigenvalue weighted by Gasteiger charge is 2.25.